The number of aryl methyl sites for hydroxylation is 2. The fraction of sp³-hybridized carbons (Fsp3) is 0.174. The highest BCUT2D eigenvalue weighted by molar-refractivity contribution is 5.91. The summed E-state index contributed by atoms with van der Waals surface area (Å²) in [6, 6.07) is 13.2. The summed E-state index contributed by atoms with van der Waals surface area (Å²) < 4.78 is 39.2. The number of aromatic nitrogens is 3. The van der Waals surface area contributed by atoms with Gasteiger partial charge in [-0.15, -0.1) is 0 Å². The molecule has 2 heterocycles. The molecule has 8 heteroatoms. The summed E-state index contributed by atoms with van der Waals surface area (Å²) in [5.74, 6) is -0.351. The number of carbonyl (C=O) groups excluding carboxylic acids is 1. The van der Waals surface area contributed by atoms with Crippen LogP contribution < -0.4 is 5.32 Å². The molecule has 0 unspecified atom stereocenters. The normalized spacial score (nSPS) is 11.6. The van der Waals surface area contributed by atoms with E-state index in [2.05, 4.69) is 20.3 Å². The number of fused-ring (bicyclic) bond motifs is 1. The molecule has 0 atom stereocenters. The molecule has 5 nitrogen and oxygen atoms in total. The van der Waals surface area contributed by atoms with E-state index in [9.17, 15) is 18.0 Å². The van der Waals surface area contributed by atoms with Crippen molar-refractivity contribution in [3.63, 3.8) is 0 Å². The molecule has 0 aliphatic rings. The van der Waals surface area contributed by atoms with E-state index >= 15 is 0 Å². The van der Waals surface area contributed by atoms with Gasteiger partial charge in [-0.2, -0.15) is 13.2 Å². The van der Waals surface area contributed by atoms with E-state index in [1.807, 2.05) is 30.3 Å². The van der Waals surface area contributed by atoms with Crippen molar-refractivity contribution in [1.29, 1.82) is 0 Å². The fourth-order valence-electron chi connectivity index (χ4n) is 3.34. The summed E-state index contributed by atoms with van der Waals surface area (Å²) in [4.78, 5) is 24.2. The Hall–Kier alpha value is -3.68. The van der Waals surface area contributed by atoms with Crippen molar-refractivity contribution in [2.75, 3.05) is 5.32 Å². The zero-order valence-corrected chi connectivity index (χ0v) is 16.6. The first-order chi connectivity index (χ1) is 14.8. The molecule has 1 amide bonds. The zero-order valence-electron chi connectivity index (χ0n) is 16.6. The Kier molecular flexibility index (Phi) is 5.46. The van der Waals surface area contributed by atoms with Gasteiger partial charge in [-0.25, -0.2) is 9.97 Å². The number of hydrogen-bond donors (Lipinski definition) is 2. The minimum Gasteiger partial charge on any atom is -0.345 e. The first-order valence-corrected chi connectivity index (χ1v) is 9.67. The predicted octanol–water partition coefficient (Wildman–Crippen LogP) is 5.52. The summed E-state index contributed by atoms with van der Waals surface area (Å²) in [5.41, 5.74) is 3.48. The van der Waals surface area contributed by atoms with Crippen molar-refractivity contribution in [3.8, 4) is 11.3 Å². The molecule has 0 aliphatic heterocycles. The van der Waals surface area contributed by atoms with E-state index in [0.29, 0.717) is 12.1 Å². The van der Waals surface area contributed by atoms with Crippen LogP contribution in [0.15, 0.2) is 60.9 Å². The van der Waals surface area contributed by atoms with Gasteiger partial charge in [0.1, 0.15) is 5.52 Å². The van der Waals surface area contributed by atoms with Crippen LogP contribution in [0.1, 0.15) is 23.1 Å². The lowest BCUT2D eigenvalue weighted by Crippen LogP contribution is -2.14. The number of alkyl halides is 3. The second-order valence-corrected chi connectivity index (χ2v) is 7.24. The van der Waals surface area contributed by atoms with Crippen LogP contribution in [0, 0.1) is 6.92 Å². The number of anilines is 1. The number of nitrogens with zero attached hydrogens (tertiary/aromatic N) is 2. The molecule has 0 bridgehead atoms. The summed E-state index contributed by atoms with van der Waals surface area (Å²) >= 11 is 0. The second-order valence-electron chi connectivity index (χ2n) is 7.24. The van der Waals surface area contributed by atoms with Gasteiger partial charge in [0.15, 0.2) is 5.65 Å². The lowest BCUT2D eigenvalue weighted by Gasteiger charge is -2.13. The Morgan fingerprint density at radius 1 is 1.13 bits per heavy atom. The molecule has 0 saturated carbocycles. The van der Waals surface area contributed by atoms with Crippen molar-refractivity contribution in [2.45, 2.75) is 25.9 Å². The molecule has 2 N–H and O–H groups in total. The van der Waals surface area contributed by atoms with E-state index in [4.69, 9.17) is 0 Å². The number of hydrogen-bond acceptors (Lipinski definition) is 3. The number of aromatic amines is 1. The Morgan fingerprint density at radius 3 is 2.77 bits per heavy atom. The smallest absolute Gasteiger partial charge is 0.345 e. The lowest BCUT2D eigenvalue weighted by molar-refractivity contribution is -0.138. The highest BCUT2D eigenvalue weighted by atomic mass is 19.4. The van der Waals surface area contributed by atoms with Crippen molar-refractivity contribution >= 4 is 22.8 Å². The topological polar surface area (TPSA) is 70.7 Å². The number of rotatable bonds is 5. The van der Waals surface area contributed by atoms with Gasteiger partial charge in [-0.3, -0.25) is 4.79 Å². The minimum atomic E-state index is -4.46. The highest BCUT2D eigenvalue weighted by Crippen LogP contribution is 2.33. The SMILES string of the molecule is Cc1ccc(NC(=O)CCc2cccc(-c3cnc4[nH]ccc4n3)c2)cc1C(F)(F)F. The van der Waals surface area contributed by atoms with Crippen LogP contribution >= 0.6 is 0 Å². The van der Waals surface area contributed by atoms with Crippen LogP contribution in [0.2, 0.25) is 0 Å². The molecule has 0 radical (unpaired) electrons. The zero-order chi connectivity index (χ0) is 22.0. The predicted molar refractivity (Wildman–Crippen MR) is 112 cm³/mol. The molecular weight excluding hydrogens is 405 g/mol. The Balaban J connectivity index is 1.42. The maximum absolute atomic E-state index is 13.1. The van der Waals surface area contributed by atoms with Gasteiger partial charge < -0.3 is 10.3 Å². The van der Waals surface area contributed by atoms with Gasteiger partial charge in [-0.1, -0.05) is 24.3 Å². The molecule has 2 aromatic heterocycles. The summed E-state index contributed by atoms with van der Waals surface area (Å²) in [6.45, 7) is 1.39. The lowest BCUT2D eigenvalue weighted by atomic mass is 10.0. The van der Waals surface area contributed by atoms with Crippen molar-refractivity contribution < 1.29 is 18.0 Å². The quantitative estimate of drug-likeness (QED) is 0.443. The van der Waals surface area contributed by atoms with Crippen LogP contribution in [0.25, 0.3) is 22.4 Å². The van der Waals surface area contributed by atoms with Crippen molar-refractivity contribution in [1.82, 2.24) is 15.0 Å². The van der Waals surface area contributed by atoms with Crippen molar-refractivity contribution in [2.24, 2.45) is 0 Å². The molecule has 0 saturated heterocycles. The Bertz CT molecular complexity index is 1250. The first-order valence-electron chi connectivity index (χ1n) is 9.67. The van der Waals surface area contributed by atoms with Gasteiger partial charge in [0, 0.05) is 23.9 Å². The minimum absolute atomic E-state index is 0.114. The van der Waals surface area contributed by atoms with E-state index in [1.54, 1.807) is 12.4 Å². The largest absolute Gasteiger partial charge is 0.416 e. The molecule has 158 valence electrons. The third kappa shape index (κ3) is 4.74. The van der Waals surface area contributed by atoms with E-state index < -0.39 is 11.7 Å². The molecule has 4 aromatic rings. The monoisotopic (exact) mass is 424 g/mol. The second kappa shape index (κ2) is 8.22. The van der Waals surface area contributed by atoms with E-state index in [-0.39, 0.29) is 23.6 Å². The van der Waals surface area contributed by atoms with Gasteiger partial charge in [0.25, 0.3) is 0 Å². The maximum atomic E-state index is 13.1. The van der Waals surface area contributed by atoms with Crippen molar-refractivity contribution in [3.05, 3.63) is 77.6 Å². The molecule has 31 heavy (non-hydrogen) atoms. The molecule has 2 aromatic carbocycles. The summed E-state index contributed by atoms with van der Waals surface area (Å²) in [7, 11) is 0. The third-order valence-corrected chi connectivity index (χ3v) is 4.95. The van der Waals surface area contributed by atoms with Crippen LogP contribution in [-0.4, -0.2) is 20.9 Å². The van der Waals surface area contributed by atoms with Gasteiger partial charge in [0.2, 0.25) is 5.91 Å². The molecule has 0 spiro atoms. The van der Waals surface area contributed by atoms with Gasteiger partial charge >= 0.3 is 6.18 Å². The molecule has 4 rings (SSSR count). The van der Waals surface area contributed by atoms with E-state index in [1.165, 1.54) is 19.1 Å². The maximum Gasteiger partial charge on any atom is 0.416 e. The fourth-order valence-corrected chi connectivity index (χ4v) is 3.34. The number of benzene rings is 2. The highest BCUT2D eigenvalue weighted by Gasteiger charge is 2.32. The number of amides is 1. The number of nitrogens with one attached hydrogen (secondary N) is 2. The number of carbonyl (C=O) groups is 1. The molecule has 0 fully saturated rings. The van der Waals surface area contributed by atoms with Crippen LogP contribution in [-0.2, 0) is 17.4 Å². The van der Waals surface area contributed by atoms with Gasteiger partial charge in [-0.05, 0) is 48.7 Å². The standard InChI is InChI=1S/C23H19F3N4O/c1-14-5-7-17(12-18(14)23(24,25)26)29-21(31)8-6-15-3-2-4-16(11-15)20-13-28-22-19(30-20)9-10-27-22/h2-5,7,9-13H,6,8H2,1H3,(H,27,28)(H,29,31). The third-order valence-electron chi connectivity index (χ3n) is 4.95. The number of halogens is 3. The average Bonchev–Trinajstić information content (AvgIpc) is 3.21. The van der Waals surface area contributed by atoms with E-state index in [0.717, 1.165) is 28.4 Å². The van der Waals surface area contributed by atoms with Crippen LogP contribution in [0.3, 0.4) is 0 Å². The van der Waals surface area contributed by atoms with Gasteiger partial charge in [0.05, 0.1) is 17.5 Å². The summed E-state index contributed by atoms with van der Waals surface area (Å²) in [6.07, 6.45) is -0.425. The Morgan fingerprint density at radius 2 is 1.97 bits per heavy atom. The average molecular weight is 424 g/mol. The van der Waals surface area contributed by atoms with Crippen LogP contribution in [0.5, 0.6) is 0 Å². The Labute approximate surface area is 176 Å². The van der Waals surface area contributed by atoms with Crippen LogP contribution in [0.4, 0.5) is 18.9 Å². The molecular formula is C23H19F3N4O. The first kappa shape index (κ1) is 20.6. The molecule has 0 aliphatic carbocycles. The summed E-state index contributed by atoms with van der Waals surface area (Å²) in [5, 5.41) is 2.55. The number of H-pyrrole nitrogens is 1.